The number of fused-ring (bicyclic) bond motifs is 2. The summed E-state index contributed by atoms with van der Waals surface area (Å²) in [5.41, 5.74) is 2.75. The number of alkyl halides is 2. The first-order valence-corrected chi connectivity index (χ1v) is 9.04. The second kappa shape index (κ2) is 6.87. The molecule has 3 aromatic heterocycles. The van der Waals surface area contributed by atoms with E-state index in [2.05, 4.69) is 24.8 Å². The molecule has 1 aromatic carbocycles. The maximum Gasteiger partial charge on any atom is 0.387 e. The van der Waals surface area contributed by atoms with E-state index in [1.54, 1.807) is 4.68 Å². The van der Waals surface area contributed by atoms with Crippen LogP contribution in [0.4, 0.5) is 14.6 Å². The zero-order chi connectivity index (χ0) is 20.8. The van der Waals surface area contributed by atoms with Crippen molar-refractivity contribution in [2.45, 2.75) is 19.7 Å². The summed E-state index contributed by atoms with van der Waals surface area (Å²) in [7, 11) is 1.85. The van der Waals surface area contributed by atoms with Crippen molar-refractivity contribution in [1.29, 1.82) is 0 Å². The van der Waals surface area contributed by atoms with E-state index in [0.717, 1.165) is 11.3 Å². The van der Waals surface area contributed by atoms with Gasteiger partial charge in [-0.15, -0.1) is 0 Å². The van der Waals surface area contributed by atoms with Crippen molar-refractivity contribution < 1.29 is 13.5 Å². The van der Waals surface area contributed by atoms with Crippen LogP contribution in [0.3, 0.4) is 0 Å². The molecule has 0 atom stereocenters. The molecule has 0 amide bonds. The first-order valence-electron chi connectivity index (χ1n) is 9.04. The van der Waals surface area contributed by atoms with Crippen molar-refractivity contribution in [1.82, 2.24) is 29.3 Å². The summed E-state index contributed by atoms with van der Waals surface area (Å²) in [6.45, 7) is -1.96. The van der Waals surface area contributed by atoms with Crippen LogP contribution in [-0.4, -0.2) is 35.9 Å². The van der Waals surface area contributed by atoms with E-state index in [-0.39, 0.29) is 17.1 Å². The van der Waals surface area contributed by atoms with Gasteiger partial charge in [0.1, 0.15) is 17.6 Å². The Morgan fingerprint density at radius 1 is 1.17 bits per heavy atom. The van der Waals surface area contributed by atoms with Crippen molar-refractivity contribution in [2.24, 2.45) is 7.05 Å². The van der Waals surface area contributed by atoms with Gasteiger partial charge in [0, 0.05) is 25.4 Å². The van der Waals surface area contributed by atoms with Gasteiger partial charge in [-0.05, 0) is 24.3 Å². The number of halogens is 2. The highest BCUT2D eigenvalue weighted by Crippen LogP contribution is 2.26. The van der Waals surface area contributed by atoms with Gasteiger partial charge in [0.25, 0.3) is 5.56 Å². The molecule has 0 aliphatic carbocycles. The van der Waals surface area contributed by atoms with Crippen molar-refractivity contribution in [3.05, 3.63) is 64.6 Å². The first-order chi connectivity index (χ1) is 14.5. The summed E-state index contributed by atoms with van der Waals surface area (Å²) in [5, 5.41) is 4.41. The minimum Gasteiger partial charge on any atom is -0.435 e. The lowest BCUT2D eigenvalue weighted by Gasteiger charge is -2.18. The average molecular weight is 411 g/mol. The molecule has 11 heteroatoms. The molecule has 1 aliphatic heterocycles. The standard InChI is InChI=1S/C19H15F2N7O2/c1-26-7-11-8-27(9-15(11)25-26)17-18(29)28(16-14(24-17)6-22-10-23-16)12-2-4-13(5-3-12)30-19(20)21/h2-7,10,19H,8-9H2,1H3. The molecule has 1 aliphatic rings. The van der Waals surface area contributed by atoms with E-state index in [1.807, 2.05) is 18.1 Å². The van der Waals surface area contributed by atoms with Crippen LogP contribution in [0.15, 0.2) is 47.8 Å². The van der Waals surface area contributed by atoms with Gasteiger partial charge in [0.05, 0.1) is 24.1 Å². The smallest absolute Gasteiger partial charge is 0.387 e. The van der Waals surface area contributed by atoms with Crippen LogP contribution in [0.1, 0.15) is 11.3 Å². The van der Waals surface area contributed by atoms with Gasteiger partial charge in [0.2, 0.25) is 0 Å². The Balaban J connectivity index is 1.62. The lowest BCUT2D eigenvalue weighted by molar-refractivity contribution is -0.0498. The van der Waals surface area contributed by atoms with Gasteiger partial charge in [-0.1, -0.05) is 0 Å². The normalized spacial score (nSPS) is 13.3. The van der Waals surface area contributed by atoms with E-state index in [9.17, 15) is 13.6 Å². The largest absolute Gasteiger partial charge is 0.435 e. The van der Waals surface area contributed by atoms with Gasteiger partial charge in [-0.3, -0.25) is 14.0 Å². The van der Waals surface area contributed by atoms with Gasteiger partial charge >= 0.3 is 6.61 Å². The number of hydrogen-bond donors (Lipinski definition) is 0. The molecular weight excluding hydrogens is 396 g/mol. The first kappa shape index (κ1) is 18.2. The highest BCUT2D eigenvalue weighted by molar-refractivity contribution is 5.73. The van der Waals surface area contributed by atoms with E-state index < -0.39 is 6.61 Å². The maximum absolute atomic E-state index is 13.4. The third-order valence-electron chi connectivity index (χ3n) is 4.82. The second-order valence-electron chi connectivity index (χ2n) is 6.81. The highest BCUT2D eigenvalue weighted by atomic mass is 19.3. The molecule has 5 rings (SSSR count). The average Bonchev–Trinajstić information content (AvgIpc) is 3.25. The second-order valence-corrected chi connectivity index (χ2v) is 6.81. The van der Waals surface area contributed by atoms with E-state index in [1.165, 1.54) is 41.4 Å². The third kappa shape index (κ3) is 3.04. The number of benzene rings is 1. The molecule has 0 spiro atoms. The maximum atomic E-state index is 13.4. The quantitative estimate of drug-likeness (QED) is 0.507. The highest BCUT2D eigenvalue weighted by Gasteiger charge is 2.27. The molecule has 0 saturated carbocycles. The fourth-order valence-electron chi connectivity index (χ4n) is 3.59. The lowest BCUT2D eigenvalue weighted by atomic mass is 10.3. The summed E-state index contributed by atoms with van der Waals surface area (Å²) < 4.78 is 32.4. The van der Waals surface area contributed by atoms with Gasteiger partial charge < -0.3 is 9.64 Å². The van der Waals surface area contributed by atoms with Gasteiger partial charge in [-0.25, -0.2) is 15.0 Å². The summed E-state index contributed by atoms with van der Waals surface area (Å²) in [5.74, 6) is 0.238. The molecule has 4 heterocycles. The molecule has 0 fully saturated rings. The number of aromatic nitrogens is 6. The Bertz CT molecular complexity index is 1280. The minimum absolute atomic E-state index is 0.00329. The molecule has 152 valence electrons. The topological polar surface area (TPSA) is 91.0 Å². The summed E-state index contributed by atoms with van der Waals surface area (Å²) in [6.07, 6.45) is 4.76. The molecule has 0 N–H and O–H groups in total. The molecule has 9 nitrogen and oxygen atoms in total. The van der Waals surface area contributed by atoms with Crippen LogP contribution in [0.25, 0.3) is 16.9 Å². The van der Waals surface area contributed by atoms with Crippen LogP contribution in [-0.2, 0) is 20.1 Å². The Kier molecular flexibility index (Phi) is 4.16. The number of rotatable bonds is 4. The SMILES string of the molecule is Cn1cc2c(n1)CN(c1nc3cncnc3n(-c3ccc(OC(F)F)cc3)c1=O)C2. The van der Waals surface area contributed by atoms with Crippen LogP contribution in [0.5, 0.6) is 5.75 Å². The number of anilines is 1. The summed E-state index contributed by atoms with van der Waals surface area (Å²) in [6, 6.07) is 5.78. The van der Waals surface area contributed by atoms with Crippen molar-refractivity contribution in [3.63, 3.8) is 0 Å². The van der Waals surface area contributed by atoms with E-state index in [4.69, 9.17) is 0 Å². The number of hydrogen-bond acceptors (Lipinski definition) is 7. The predicted octanol–water partition coefficient (Wildman–Crippen LogP) is 2.03. The fourth-order valence-corrected chi connectivity index (χ4v) is 3.59. The minimum atomic E-state index is -2.93. The van der Waals surface area contributed by atoms with E-state index in [0.29, 0.717) is 29.9 Å². The lowest BCUT2D eigenvalue weighted by Crippen LogP contribution is -2.30. The van der Waals surface area contributed by atoms with Crippen molar-refractivity contribution in [2.75, 3.05) is 4.90 Å². The van der Waals surface area contributed by atoms with E-state index >= 15 is 0 Å². The van der Waals surface area contributed by atoms with Crippen LogP contribution in [0, 0.1) is 0 Å². The predicted molar refractivity (Wildman–Crippen MR) is 103 cm³/mol. The number of aryl methyl sites for hydroxylation is 1. The van der Waals surface area contributed by atoms with Crippen LogP contribution < -0.4 is 15.2 Å². The fraction of sp³-hybridized carbons (Fsp3) is 0.211. The monoisotopic (exact) mass is 411 g/mol. The molecule has 30 heavy (non-hydrogen) atoms. The summed E-state index contributed by atoms with van der Waals surface area (Å²) in [4.78, 5) is 27.9. The van der Waals surface area contributed by atoms with Crippen LogP contribution in [0.2, 0.25) is 0 Å². The summed E-state index contributed by atoms with van der Waals surface area (Å²) >= 11 is 0. The number of nitrogens with zero attached hydrogens (tertiary/aromatic N) is 7. The molecular formula is C19H15F2N7O2. The van der Waals surface area contributed by atoms with Gasteiger partial charge in [-0.2, -0.15) is 13.9 Å². The Hall–Kier alpha value is -3.89. The molecule has 0 unspecified atom stereocenters. The zero-order valence-electron chi connectivity index (χ0n) is 15.7. The Labute approximate surface area is 168 Å². The third-order valence-corrected chi connectivity index (χ3v) is 4.82. The van der Waals surface area contributed by atoms with Crippen LogP contribution >= 0.6 is 0 Å². The molecule has 4 aromatic rings. The molecule has 0 radical (unpaired) electrons. The number of ether oxygens (including phenoxy) is 1. The van der Waals surface area contributed by atoms with Crippen molar-refractivity contribution in [3.8, 4) is 11.4 Å². The van der Waals surface area contributed by atoms with Crippen molar-refractivity contribution >= 4 is 17.0 Å². The Morgan fingerprint density at radius 3 is 2.70 bits per heavy atom. The molecule has 0 saturated heterocycles. The van der Waals surface area contributed by atoms with Gasteiger partial charge in [0.15, 0.2) is 11.5 Å². The molecule has 0 bridgehead atoms. The Morgan fingerprint density at radius 2 is 1.97 bits per heavy atom. The zero-order valence-corrected chi connectivity index (χ0v) is 15.7.